The number of hydrogen-bond donors (Lipinski definition) is 3. The number of benzene rings is 1. The van der Waals surface area contributed by atoms with Gasteiger partial charge in [-0.2, -0.15) is 0 Å². The fourth-order valence-corrected chi connectivity index (χ4v) is 2.08. The van der Waals surface area contributed by atoms with E-state index in [4.69, 9.17) is 5.73 Å². The quantitative estimate of drug-likeness (QED) is 0.743. The van der Waals surface area contributed by atoms with Gasteiger partial charge in [-0.15, -0.1) is 0 Å². The van der Waals surface area contributed by atoms with Crippen LogP contribution in [0.1, 0.15) is 37.9 Å². The van der Waals surface area contributed by atoms with Crippen LogP contribution < -0.4 is 11.1 Å². The number of amides is 1. The maximum Gasteiger partial charge on any atom is 0.225 e. The van der Waals surface area contributed by atoms with Crippen molar-refractivity contribution in [3.05, 3.63) is 29.8 Å². The molecule has 1 fully saturated rings. The van der Waals surface area contributed by atoms with Crippen molar-refractivity contribution in [3.8, 4) is 0 Å². The number of rotatable bonds is 5. The minimum Gasteiger partial charge on any atom is -0.389 e. The van der Waals surface area contributed by atoms with Gasteiger partial charge in [-0.05, 0) is 31.7 Å². The van der Waals surface area contributed by atoms with E-state index >= 15 is 0 Å². The van der Waals surface area contributed by atoms with Crippen LogP contribution >= 0.6 is 0 Å². The zero-order chi connectivity index (χ0) is 13.1. The summed E-state index contributed by atoms with van der Waals surface area (Å²) in [5, 5.41) is 12.4. The van der Waals surface area contributed by atoms with Crippen molar-refractivity contribution >= 4 is 11.6 Å². The molecule has 0 bridgehead atoms. The smallest absolute Gasteiger partial charge is 0.225 e. The minimum atomic E-state index is -0.599. The highest BCUT2D eigenvalue weighted by atomic mass is 16.3. The third-order valence-corrected chi connectivity index (χ3v) is 3.33. The lowest BCUT2D eigenvalue weighted by molar-refractivity contribution is -0.116. The number of carbonyl (C=O) groups excluding carboxylic acids is 1. The molecule has 18 heavy (non-hydrogen) atoms. The Kier molecular flexibility index (Phi) is 3.99. The molecule has 1 aliphatic carbocycles. The lowest BCUT2D eigenvalue weighted by Crippen LogP contribution is -2.29. The lowest BCUT2D eigenvalue weighted by atomic mass is 10.1. The fourth-order valence-electron chi connectivity index (χ4n) is 2.08. The van der Waals surface area contributed by atoms with E-state index in [0.717, 1.165) is 18.4 Å². The molecule has 0 spiro atoms. The second-order valence-corrected chi connectivity index (χ2v) is 5.02. The summed E-state index contributed by atoms with van der Waals surface area (Å²) in [6.07, 6.45) is 2.02. The van der Waals surface area contributed by atoms with E-state index in [0.29, 0.717) is 18.0 Å². The van der Waals surface area contributed by atoms with Crippen LogP contribution in [0.5, 0.6) is 0 Å². The summed E-state index contributed by atoms with van der Waals surface area (Å²) in [5.74, 6) is 0.435. The standard InChI is InChI=1S/C14H20N2O2/c1-9(17)11-4-2-3-5-13(11)16-14(18)8-12(15)10-6-7-10/h2-5,9-10,12,17H,6-8,15H2,1H3,(H,16,18). The molecule has 2 unspecified atom stereocenters. The topological polar surface area (TPSA) is 75.3 Å². The Labute approximate surface area is 107 Å². The highest BCUT2D eigenvalue weighted by Gasteiger charge is 2.29. The maximum absolute atomic E-state index is 11.9. The van der Waals surface area contributed by atoms with Crippen LogP contribution in [0.4, 0.5) is 5.69 Å². The molecule has 1 saturated carbocycles. The third kappa shape index (κ3) is 3.31. The molecule has 2 atom stereocenters. The molecule has 4 heteroatoms. The summed E-state index contributed by atoms with van der Waals surface area (Å²) < 4.78 is 0. The Morgan fingerprint density at radius 2 is 2.17 bits per heavy atom. The number of hydrogen-bond acceptors (Lipinski definition) is 3. The van der Waals surface area contributed by atoms with Gasteiger partial charge in [0.05, 0.1) is 6.10 Å². The van der Waals surface area contributed by atoms with Gasteiger partial charge >= 0.3 is 0 Å². The Bertz CT molecular complexity index is 428. The Hall–Kier alpha value is -1.39. The summed E-state index contributed by atoms with van der Waals surface area (Å²) in [6, 6.07) is 7.24. The van der Waals surface area contributed by atoms with Gasteiger partial charge in [0, 0.05) is 23.7 Å². The predicted octanol–water partition coefficient (Wildman–Crippen LogP) is 1.81. The van der Waals surface area contributed by atoms with Crippen molar-refractivity contribution in [1.82, 2.24) is 0 Å². The van der Waals surface area contributed by atoms with E-state index in [2.05, 4.69) is 5.32 Å². The monoisotopic (exact) mass is 248 g/mol. The summed E-state index contributed by atoms with van der Waals surface area (Å²) in [6.45, 7) is 1.68. The SMILES string of the molecule is CC(O)c1ccccc1NC(=O)CC(N)C1CC1. The summed E-state index contributed by atoms with van der Waals surface area (Å²) in [7, 11) is 0. The first-order chi connectivity index (χ1) is 8.58. The Morgan fingerprint density at radius 1 is 1.50 bits per heavy atom. The molecular formula is C14H20N2O2. The van der Waals surface area contributed by atoms with Crippen molar-refractivity contribution in [3.63, 3.8) is 0 Å². The first kappa shape index (κ1) is 13.1. The van der Waals surface area contributed by atoms with E-state index in [9.17, 15) is 9.90 Å². The Morgan fingerprint density at radius 3 is 2.78 bits per heavy atom. The van der Waals surface area contributed by atoms with Gasteiger partial charge in [-0.3, -0.25) is 4.79 Å². The van der Waals surface area contributed by atoms with E-state index in [1.165, 1.54) is 0 Å². The molecule has 4 N–H and O–H groups in total. The number of nitrogens with two attached hydrogens (primary N) is 1. The van der Waals surface area contributed by atoms with Gasteiger partial charge in [-0.25, -0.2) is 0 Å². The molecule has 4 nitrogen and oxygen atoms in total. The number of anilines is 1. The van der Waals surface area contributed by atoms with Crippen LogP contribution in [0.3, 0.4) is 0 Å². The average Bonchev–Trinajstić information content (AvgIpc) is 3.12. The molecule has 0 saturated heterocycles. The number of aliphatic hydroxyl groups excluding tert-OH is 1. The van der Waals surface area contributed by atoms with Gasteiger partial charge in [0.2, 0.25) is 5.91 Å². The van der Waals surface area contributed by atoms with Crippen molar-refractivity contribution in [2.75, 3.05) is 5.32 Å². The number of nitrogens with one attached hydrogen (secondary N) is 1. The van der Waals surface area contributed by atoms with Crippen molar-refractivity contribution in [2.24, 2.45) is 11.7 Å². The zero-order valence-electron chi connectivity index (χ0n) is 10.6. The van der Waals surface area contributed by atoms with E-state index < -0.39 is 6.10 Å². The van der Waals surface area contributed by atoms with Crippen LogP contribution in [-0.4, -0.2) is 17.1 Å². The molecule has 1 amide bonds. The van der Waals surface area contributed by atoms with Crippen molar-refractivity contribution in [1.29, 1.82) is 0 Å². The van der Waals surface area contributed by atoms with E-state index in [-0.39, 0.29) is 11.9 Å². The fraction of sp³-hybridized carbons (Fsp3) is 0.500. The largest absolute Gasteiger partial charge is 0.389 e. The molecule has 0 aliphatic heterocycles. The minimum absolute atomic E-state index is 0.0382. The van der Waals surface area contributed by atoms with Crippen molar-refractivity contribution < 1.29 is 9.90 Å². The highest BCUT2D eigenvalue weighted by molar-refractivity contribution is 5.92. The molecule has 1 aromatic carbocycles. The van der Waals surface area contributed by atoms with Crippen LogP contribution in [0.25, 0.3) is 0 Å². The Balaban J connectivity index is 1.97. The normalized spacial score (nSPS) is 18.2. The van der Waals surface area contributed by atoms with Crippen molar-refractivity contribution in [2.45, 2.75) is 38.3 Å². The second kappa shape index (κ2) is 5.50. The molecular weight excluding hydrogens is 228 g/mol. The van der Waals surface area contributed by atoms with Crippen LogP contribution in [0.15, 0.2) is 24.3 Å². The number of carbonyl (C=O) groups is 1. The summed E-state index contributed by atoms with van der Waals surface area (Å²) >= 11 is 0. The molecule has 0 radical (unpaired) electrons. The molecule has 98 valence electrons. The first-order valence-electron chi connectivity index (χ1n) is 6.40. The molecule has 2 rings (SSSR count). The third-order valence-electron chi connectivity index (χ3n) is 3.33. The second-order valence-electron chi connectivity index (χ2n) is 5.02. The molecule has 1 aromatic rings. The molecule has 0 aromatic heterocycles. The van der Waals surface area contributed by atoms with Crippen LogP contribution in [0, 0.1) is 5.92 Å². The van der Waals surface area contributed by atoms with Gasteiger partial charge in [0.25, 0.3) is 0 Å². The first-order valence-corrected chi connectivity index (χ1v) is 6.40. The van der Waals surface area contributed by atoms with E-state index in [1.807, 2.05) is 12.1 Å². The molecule has 0 heterocycles. The summed E-state index contributed by atoms with van der Waals surface area (Å²) in [5.41, 5.74) is 7.32. The maximum atomic E-state index is 11.9. The number of aliphatic hydroxyl groups is 1. The van der Waals surface area contributed by atoms with Crippen LogP contribution in [0.2, 0.25) is 0 Å². The highest BCUT2D eigenvalue weighted by Crippen LogP contribution is 2.33. The van der Waals surface area contributed by atoms with Gasteiger partial charge in [0.15, 0.2) is 0 Å². The van der Waals surface area contributed by atoms with E-state index in [1.54, 1.807) is 19.1 Å². The van der Waals surface area contributed by atoms with Gasteiger partial charge in [0.1, 0.15) is 0 Å². The van der Waals surface area contributed by atoms with Gasteiger partial charge < -0.3 is 16.2 Å². The van der Waals surface area contributed by atoms with Gasteiger partial charge in [-0.1, -0.05) is 18.2 Å². The lowest BCUT2D eigenvalue weighted by Gasteiger charge is -2.14. The van der Waals surface area contributed by atoms with Crippen LogP contribution in [-0.2, 0) is 4.79 Å². The predicted molar refractivity (Wildman–Crippen MR) is 71.0 cm³/mol. The number of para-hydroxylation sites is 1. The average molecular weight is 248 g/mol. The zero-order valence-corrected chi connectivity index (χ0v) is 10.6. The summed E-state index contributed by atoms with van der Waals surface area (Å²) in [4.78, 5) is 11.9. The molecule has 1 aliphatic rings.